The zero-order valence-corrected chi connectivity index (χ0v) is 38.7. The molecule has 2 nitrogen and oxygen atoms in total. The highest BCUT2D eigenvalue weighted by Crippen LogP contribution is 2.50. The van der Waals surface area contributed by atoms with Gasteiger partial charge in [0.2, 0.25) is 0 Å². The molecule has 0 N–H and O–H groups in total. The third-order valence-corrected chi connectivity index (χ3v) is 17.6. The summed E-state index contributed by atoms with van der Waals surface area (Å²) in [6.07, 6.45) is 22.7. The van der Waals surface area contributed by atoms with Gasteiger partial charge in [-0.25, -0.2) is 9.97 Å². The van der Waals surface area contributed by atoms with Crippen molar-refractivity contribution in [2.45, 2.75) is 143 Å². The number of hydrogen-bond acceptors (Lipinski definition) is 6. The van der Waals surface area contributed by atoms with Crippen LogP contribution in [0.4, 0.5) is 8.78 Å². The molecule has 54 heavy (non-hydrogen) atoms. The third-order valence-electron chi connectivity index (χ3n) is 10.9. The predicted molar refractivity (Wildman–Crippen MR) is 243 cm³/mol. The minimum atomic E-state index is -1.15. The maximum atomic E-state index is 14.8. The average molecular weight is 937 g/mol. The van der Waals surface area contributed by atoms with Crippen LogP contribution in [0.25, 0.3) is 50.7 Å². The first-order chi connectivity index (χ1) is 26.2. The molecule has 6 rings (SSSR count). The highest BCUT2D eigenvalue weighted by atomic mass is 79.9. The summed E-state index contributed by atoms with van der Waals surface area (Å²) < 4.78 is 34.1. The Bertz CT molecular complexity index is 1980. The van der Waals surface area contributed by atoms with Crippen molar-refractivity contribution in [3.05, 3.63) is 54.9 Å². The van der Waals surface area contributed by atoms with Crippen LogP contribution in [0.3, 0.4) is 0 Å². The minimum Gasteiger partial charge on any atom is -0.213 e. The SMILES string of the molecule is CCCCCCC(CCCC)Cc1cc(-c2cc3c4nc(F)c(F)nc4c4cc(-c5cc(CC(CCCC)CCCCCC)c(Br)s5)sc4c3s2)sc1Br. The van der Waals surface area contributed by atoms with Gasteiger partial charge in [0, 0.05) is 30.3 Å². The molecule has 0 aliphatic carbocycles. The van der Waals surface area contributed by atoms with E-state index in [2.05, 4.69) is 93.8 Å². The van der Waals surface area contributed by atoms with Gasteiger partial charge in [-0.15, -0.1) is 45.3 Å². The fourth-order valence-electron chi connectivity index (χ4n) is 7.84. The molecule has 0 saturated heterocycles. The summed E-state index contributed by atoms with van der Waals surface area (Å²) in [7, 11) is 0. The van der Waals surface area contributed by atoms with Crippen molar-refractivity contribution >= 4 is 108 Å². The van der Waals surface area contributed by atoms with Crippen molar-refractivity contribution in [2.24, 2.45) is 11.8 Å². The molecule has 0 saturated carbocycles. The van der Waals surface area contributed by atoms with E-state index in [-0.39, 0.29) is 0 Å². The summed E-state index contributed by atoms with van der Waals surface area (Å²) in [5.74, 6) is -0.919. The second kappa shape index (κ2) is 20.4. The summed E-state index contributed by atoms with van der Waals surface area (Å²) in [5, 5.41) is 1.69. The molecule has 1 aromatic carbocycles. The van der Waals surface area contributed by atoms with E-state index < -0.39 is 11.9 Å². The summed E-state index contributed by atoms with van der Waals surface area (Å²) >= 11 is 14.9. The second-order valence-corrected chi connectivity index (χ2v) is 22.0. The van der Waals surface area contributed by atoms with Crippen LogP contribution in [0.5, 0.6) is 0 Å². The highest BCUT2D eigenvalue weighted by Gasteiger charge is 2.23. The topological polar surface area (TPSA) is 25.8 Å². The molecule has 0 fully saturated rings. The molecule has 2 atom stereocenters. The Balaban J connectivity index is 1.34. The zero-order valence-electron chi connectivity index (χ0n) is 32.2. The minimum absolute atomic E-state index is 0.431. The molecule has 0 spiro atoms. The molecule has 0 amide bonds. The van der Waals surface area contributed by atoms with Gasteiger partial charge in [0.1, 0.15) is 11.0 Å². The molecule has 0 aliphatic rings. The lowest BCUT2D eigenvalue weighted by atomic mass is 9.90. The average Bonchev–Trinajstić information content (AvgIpc) is 3.96. The number of nitrogens with zero attached hydrogens (tertiary/aromatic N) is 2. The first kappa shape index (κ1) is 42.3. The number of rotatable bonds is 22. The number of thiophene rings is 4. The molecule has 5 aromatic heterocycles. The van der Waals surface area contributed by atoms with E-state index in [0.29, 0.717) is 22.9 Å². The van der Waals surface area contributed by atoms with Crippen LogP contribution in [-0.4, -0.2) is 9.97 Å². The summed E-state index contributed by atoms with van der Waals surface area (Å²) in [6.45, 7) is 9.12. The van der Waals surface area contributed by atoms with Crippen molar-refractivity contribution in [1.29, 1.82) is 0 Å². The maximum absolute atomic E-state index is 14.8. The van der Waals surface area contributed by atoms with Crippen LogP contribution in [0, 0.1) is 23.7 Å². The van der Waals surface area contributed by atoms with Gasteiger partial charge in [-0.2, -0.15) is 8.78 Å². The molecule has 6 aromatic rings. The van der Waals surface area contributed by atoms with Crippen molar-refractivity contribution in [1.82, 2.24) is 9.97 Å². The Morgan fingerprint density at radius 3 is 1.26 bits per heavy atom. The molecular weight excluding hydrogens is 883 g/mol. The van der Waals surface area contributed by atoms with E-state index >= 15 is 0 Å². The lowest BCUT2D eigenvalue weighted by Crippen LogP contribution is -2.05. The normalized spacial score (nSPS) is 13.3. The van der Waals surface area contributed by atoms with Gasteiger partial charge in [0.15, 0.2) is 0 Å². The van der Waals surface area contributed by atoms with Crippen molar-refractivity contribution in [3.8, 4) is 19.5 Å². The van der Waals surface area contributed by atoms with Gasteiger partial charge in [-0.1, -0.05) is 130 Å². The van der Waals surface area contributed by atoms with Crippen LogP contribution in [0.15, 0.2) is 31.8 Å². The number of aromatic nitrogens is 2. The Labute approximate surface area is 353 Å². The smallest absolute Gasteiger partial charge is 0.213 e. The maximum Gasteiger partial charge on any atom is 0.269 e. The molecule has 292 valence electrons. The van der Waals surface area contributed by atoms with Gasteiger partial charge in [-0.05, 0) is 91.9 Å². The quantitative estimate of drug-likeness (QED) is 0.0634. The highest BCUT2D eigenvalue weighted by molar-refractivity contribution is 9.11. The molecule has 0 bridgehead atoms. The fraction of sp³-hybridized carbons (Fsp3) is 0.545. The zero-order chi connectivity index (χ0) is 38.2. The van der Waals surface area contributed by atoms with Gasteiger partial charge >= 0.3 is 0 Å². The van der Waals surface area contributed by atoms with Crippen molar-refractivity contribution in [2.75, 3.05) is 0 Å². The Morgan fingerprint density at radius 1 is 0.500 bits per heavy atom. The Kier molecular flexibility index (Phi) is 16.0. The molecule has 10 heteroatoms. The number of benzene rings is 1. The Hall–Kier alpha value is -1.30. The van der Waals surface area contributed by atoms with Crippen molar-refractivity contribution < 1.29 is 8.78 Å². The first-order valence-electron chi connectivity index (χ1n) is 20.3. The lowest BCUT2D eigenvalue weighted by Gasteiger charge is -2.16. The van der Waals surface area contributed by atoms with Gasteiger partial charge in [0.25, 0.3) is 11.9 Å². The molecule has 0 radical (unpaired) electrons. The molecule has 0 aliphatic heterocycles. The van der Waals surface area contributed by atoms with E-state index in [1.165, 1.54) is 131 Å². The standard InChI is InChI=1S/C44H54Br2F2N2S4/c1-5-9-13-15-19-27(17-11-7-3)21-29-23-33(53-41(29)45)35-25-31-37-38(50-44(48)43(47)49-37)32-26-36(52-40(32)39(31)51-35)34-24-30(42(46)54-34)22-28(18-12-8-4)20-16-14-10-6-2/h23-28H,5-22H2,1-4H3. The van der Waals surface area contributed by atoms with Crippen molar-refractivity contribution in [3.63, 3.8) is 0 Å². The van der Waals surface area contributed by atoms with E-state index in [1.807, 2.05) is 0 Å². The molecule has 5 heterocycles. The van der Waals surface area contributed by atoms with E-state index in [1.54, 1.807) is 45.3 Å². The lowest BCUT2D eigenvalue weighted by molar-refractivity contribution is 0.410. The number of fused-ring (bicyclic) bond motifs is 6. The van der Waals surface area contributed by atoms with Gasteiger partial charge < -0.3 is 0 Å². The number of hydrogen-bond donors (Lipinski definition) is 0. The summed E-state index contributed by atoms with van der Waals surface area (Å²) in [6, 6.07) is 8.98. The summed E-state index contributed by atoms with van der Waals surface area (Å²) in [5.41, 5.74) is 3.62. The molecule has 2 unspecified atom stereocenters. The fourth-order valence-corrected chi connectivity index (χ4v) is 13.9. The van der Waals surface area contributed by atoms with Crippen LogP contribution < -0.4 is 0 Å². The Morgan fingerprint density at radius 2 is 0.870 bits per heavy atom. The monoisotopic (exact) mass is 934 g/mol. The largest absolute Gasteiger partial charge is 0.269 e. The van der Waals surface area contributed by atoms with Crippen LogP contribution in [-0.2, 0) is 12.8 Å². The van der Waals surface area contributed by atoms with E-state index in [4.69, 9.17) is 0 Å². The van der Waals surface area contributed by atoms with Crippen LogP contribution in [0.2, 0.25) is 0 Å². The van der Waals surface area contributed by atoms with Crippen LogP contribution in [0.1, 0.15) is 142 Å². The molecular formula is C44H54Br2F2N2S4. The van der Waals surface area contributed by atoms with Crippen LogP contribution >= 0.6 is 77.2 Å². The van der Waals surface area contributed by atoms with Gasteiger partial charge in [-0.3, -0.25) is 0 Å². The first-order valence-corrected chi connectivity index (χ1v) is 25.2. The van der Waals surface area contributed by atoms with E-state index in [0.717, 1.165) is 42.8 Å². The second-order valence-electron chi connectivity index (χ2n) is 15.2. The van der Waals surface area contributed by atoms with E-state index in [9.17, 15) is 8.78 Å². The number of halogens is 4. The third kappa shape index (κ3) is 10.2. The van der Waals surface area contributed by atoms with Gasteiger partial charge in [0.05, 0.1) is 17.0 Å². The predicted octanol–water partition coefficient (Wildman–Crippen LogP) is 18.0. The summed E-state index contributed by atoms with van der Waals surface area (Å²) in [4.78, 5) is 13.0. The number of unbranched alkanes of at least 4 members (excludes halogenated alkanes) is 8.